The zero-order valence-electron chi connectivity index (χ0n) is 15.0. The Labute approximate surface area is 173 Å². The fraction of sp³-hybridized carbons (Fsp3) is 0.278. The van der Waals surface area contributed by atoms with E-state index in [1.165, 1.54) is 17.4 Å². The van der Waals surface area contributed by atoms with Crippen molar-refractivity contribution in [1.29, 1.82) is 0 Å². The Kier molecular flexibility index (Phi) is 6.14. The van der Waals surface area contributed by atoms with Gasteiger partial charge in [0, 0.05) is 17.0 Å². The molecule has 0 spiro atoms. The first-order valence-electron chi connectivity index (χ1n) is 8.63. The van der Waals surface area contributed by atoms with Gasteiger partial charge in [0.2, 0.25) is 0 Å². The average molecular weight is 438 g/mol. The van der Waals surface area contributed by atoms with Crippen LogP contribution in [0.15, 0.2) is 18.2 Å². The van der Waals surface area contributed by atoms with Crippen LogP contribution in [-0.4, -0.2) is 29.3 Å². The molecule has 0 aliphatic heterocycles. The van der Waals surface area contributed by atoms with E-state index in [2.05, 4.69) is 5.32 Å². The van der Waals surface area contributed by atoms with Gasteiger partial charge in [-0.2, -0.15) is 0 Å². The van der Waals surface area contributed by atoms with Crippen LogP contribution in [0.5, 0.6) is 0 Å². The third-order valence-electron chi connectivity index (χ3n) is 4.39. The van der Waals surface area contributed by atoms with Gasteiger partial charge >= 0.3 is 5.97 Å². The van der Waals surface area contributed by atoms with Crippen LogP contribution >= 0.6 is 22.9 Å². The zero-order valence-corrected chi connectivity index (χ0v) is 16.6. The topological polar surface area (TPSA) is 142 Å². The number of nitrogens with two attached hydrogens (primary N) is 1. The molecule has 9 nitrogen and oxygen atoms in total. The molecule has 1 aliphatic carbocycles. The van der Waals surface area contributed by atoms with Gasteiger partial charge in [-0.25, -0.2) is 4.79 Å². The van der Waals surface area contributed by atoms with Crippen LogP contribution in [0.2, 0.25) is 5.02 Å². The molecular formula is C18H16ClN3O6S. The number of nitrogens with one attached hydrogen (secondary N) is 1. The van der Waals surface area contributed by atoms with Crippen molar-refractivity contribution in [2.24, 2.45) is 5.73 Å². The lowest BCUT2D eigenvalue weighted by atomic mass is 9.95. The third kappa shape index (κ3) is 4.54. The molecule has 1 heterocycles. The fourth-order valence-corrected chi connectivity index (χ4v) is 4.57. The van der Waals surface area contributed by atoms with Crippen LogP contribution in [0.25, 0.3) is 0 Å². The summed E-state index contributed by atoms with van der Waals surface area (Å²) >= 11 is 7.17. The predicted molar refractivity (Wildman–Crippen MR) is 106 cm³/mol. The molecule has 0 radical (unpaired) electrons. The lowest BCUT2D eigenvalue weighted by molar-refractivity contribution is -0.384. The molecule has 2 aromatic rings. The Morgan fingerprint density at radius 2 is 2.00 bits per heavy atom. The quantitative estimate of drug-likeness (QED) is 0.404. The first kappa shape index (κ1) is 20.7. The van der Waals surface area contributed by atoms with E-state index in [4.69, 9.17) is 22.1 Å². The molecular weight excluding hydrogens is 422 g/mol. The number of nitro groups is 1. The number of rotatable bonds is 6. The summed E-state index contributed by atoms with van der Waals surface area (Å²) in [5.74, 6) is -2.27. The van der Waals surface area contributed by atoms with Crippen LogP contribution in [0.1, 0.15) is 44.0 Å². The van der Waals surface area contributed by atoms with E-state index < -0.39 is 29.3 Å². The van der Waals surface area contributed by atoms with E-state index in [9.17, 15) is 24.5 Å². The molecule has 1 aromatic carbocycles. The van der Waals surface area contributed by atoms with Crippen molar-refractivity contribution in [3.05, 3.63) is 54.9 Å². The highest BCUT2D eigenvalue weighted by molar-refractivity contribution is 7.17. The Bertz CT molecular complexity index is 1020. The summed E-state index contributed by atoms with van der Waals surface area (Å²) in [7, 11) is 0. The first-order valence-corrected chi connectivity index (χ1v) is 9.82. The number of hydrogen-bond acceptors (Lipinski definition) is 7. The molecule has 0 fully saturated rings. The van der Waals surface area contributed by atoms with Gasteiger partial charge in [-0.3, -0.25) is 19.7 Å². The van der Waals surface area contributed by atoms with Crippen molar-refractivity contribution in [3.8, 4) is 0 Å². The number of non-ortho nitro benzene ring substituents is 1. The van der Waals surface area contributed by atoms with E-state index in [1.54, 1.807) is 0 Å². The minimum Gasteiger partial charge on any atom is -0.452 e. The summed E-state index contributed by atoms with van der Waals surface area (Å²) in [6, 6.07) is 3.32. The second-order valence-corrected chi connectivity index (χ2v) is 7.84. The van der Waals surface area contributed by atoms with Crippen LogP contribution in [0.4, 0.5) is 10.7 Å². The molecule has 3 N–H and O–H groups in total. The molecule has 0 unspecified atom stereocenters. The van der Waals surface area contributed by atoms with E-state index in [1.807, 2.05) is 0 Å². The molecule has 152 valence electrons. The van der Waals surface area contributed by atoms with Crippen molar-refractivity contribution in [1.82, 2.24) is 0 Å². The number of esters is 1. The van der Waals surface area contributed by atoms with Gasteiger partial charge in [-0.15, -0.1) is 11.3 Å². The number of carbonyl (C=O) groups excluding carboxylic acids is 3. The molecule has 3 rings (SSSR count). The number of benzene rings is 1. The number of ether oxygens (including phenoxy) is 1. The summed E-state index contributed by atoms with van der Waals surface area (Å²) in [6.07, 6.45) is 3.48. The molecule has 2 amide bonds. The standard InChI is InChI=1S/C18H16ClN3O6S/c19-12-6-5-9(22(26)27)7-11(12)18(25)28-8-14(23)21-17-15(16(20)24)10-3-1-2-4-13(10)29-17/h5-7H,1-4,8H2,(H2,20,24)(H,21,23). The number of carbonyl (C=O) groups is 3. The largest absolute Gasteiger partial charge is 0.452 e. The van der Waals surface area contributed by atoms with Crippen molar-refractivity contribution < 1.29 is 24.0 Å². The van der Waals surface area contributed by atoms with E-state index in [0.717, 1.165) is 48.3 Å². The number of amides is 2. The van der Waals surface area contributed by atoms with Gasteiger partial charge in [0.05, 0.1) is 21.1 Å². The third-order valence-corrected chi connectivity index (χ3v) is 5.92. The number of thiophene rings is 1. The Balaban J connectivity index is 1.69. The van der Waals surface area contributed by atoms with Crippen molar-refractivity contribution in [2.45, 2.75) is 25.7 Å². The maximum absolute atomic E-state index is 12.2. The minimum atomic E-state index is -0.977. The van der Waals surface area contributed by atoms with Gasteiger partial charge in [0.25, 0.3) is 17.5 Å². The van der Waals surface area contributed by atoms with Crippen LogP contribution in [0, 0.1) is 10.1 Å². The molecule has 0 atom stereocenters. The normalized spacial score (nSPS) is 12.7. The molecule has 0 saturated heterocycles. The van der Waals surface area contributed by atoms with Crippen molar-refractivity contribution in [3.63, 3.8) is 0 Å². The Morgan fingerprint density at radius 1 is 1.28 bits per heavy atom. The summed E-state index contributed by atoms with van der Waals surface area (Å²) < 4.78 is 4.91. The smallest absolute Gasteiger partial charge is 0.340 e. The van der Waals surface area contributed by atoms with Crippen LogP contribution < -0.4 is 11.1 Å². The summed E-state index contributed by atoms with van der Waals surface area (Å²) in [5.41, 5.74) is 6.08. The summed E-state index contributed by atoms with van der Waals surface area (Å²) in [5, 5.41) is 13.7. The van der Waals surface area contributed by atoms with E-state index >= 15 is 0 Å². The Morgan fingerprint density at radius 3 is 2.69 bits per heavy atom. The van der Waals surface area contributed by atoms with Crippen molar-refractivity contribution >= 4 is 51.4 Å². The predicted octanol–water partition coefficient (Wildman–Crippen LogP) is 3.08. The molecule has 1 aromatic heterocycles. The van der Waals surface area contributed by atoms with Crippen LogP contribution in [0.3, 0.4) is 0 Å². The van der Waals surface area contributed by atoms with E-state index in [-0.39, 0.29) is 16.3 Å². The van der Waals surface area contributed by atoms with Gasteiger partial charge < -0.3 is 15.8 Å². The highest BCUT2D eigenvalue weighted by Crippen LogP contribution is 2.37. The molecule has 11 heteroatoms. The SMILES string of the molecule is NC(=O)c1c(NC(=O)COC(=O)c2cc([N+](=O)[O-])ccc2Cl)sc2c1CCCC2. The van der Waals surface area contributed by atoms with Crippen molar-refractivity contribution in [2.75, 3.05) is 11.9 Å². The second kappa shape index (κ2) is 8.58. The van der Waals surface area contributed by atoms with Gasteiger partial charge in [-0.05, 0) is 37.3 Å². The number of halogens is 1. The number of nitro benzene ring substituents is 1. The lowest BCUT2D eigenvalue weighted by Gasteiger charge is -2.11. The number of primary amides is 1. The number of hydrogen-bond donors (Lipinski definition) is 2. The lowest BCUT2D eigenvalue weighted by Crippen LogP contribution is -2.23. The van der Waals surface area contributed by atoms with Gasteiger partial charge in [-0.1, -0.05) is 11.6 Å². The number of fused-ring (bicyclic) bond motifs is 1. The number of aryl methyl sites for hydroxylation is 1. The highest BCUT2D eigenvalue weighted by Gasteiger charge is 2.25. The zero-order chi connectivity index (χ0) is 21.1. The highest BCUT2D eigenvalue weighted by atomic mass is 35.5. The van der Waals surface area contributed by atoms with E-state index in [0.29, 0.717) is 10.6 Å². The number of nitrogens with zero attached hydrogens (tertiary/aromatic N) is 1. The maximum atomic E-state index is 12.2. The molecule has 29 heavy (non-hydrogen) atoms. The summed E-state index contributed by atoms with van der Waals surface area (Å²) in [4.78, 5) is 47.4. The van der Waals surface area contributed by atoms with Gasteiger partial charge in [0.15, 0.2) is 6.61 Å². The fourth-order valence-electron chi connectivity index (χ4n) is 3.07. The van der Waals surface area contributed by atoms with Gasteiger partial charge in [0.1, 0.15) is 5.00 Å². The first-order chi connectivity index (χ1) is 13.8. The minimum absolute atomic E-state index is 0.0389. The summed E-state index contributed by atoms with van der Waals surface area (Å²) in [6.45, 7) is -0.654. The number of anilines is 1. The Hall–Kier alpha value is -2.98. The molecule has 1 aliphatic rings. The second-order valence-electron chi connectivity index (χ2n) is 6.32. The molecule has 0 saturated carbocycles. The maximum Gasteiger partial charge on any atom is 0.340 e. The average Bonchev–Trinajstić information content (AvgIpc) is 3.04. The monoisotopic (exact) mass is 437 g/mol. The van der Waals surface area contributed by atoms with Crippen LogP contribution in [-0.2, 0) is 22.4 Å². The molecule has 0 bridgehead atoms.